The zero-order valence-electron chi connectivity index (χ0n) is 20.3. The molecule has 0 unspecified atom stereocenters. The molecular formula is C24H28F2N6O3. The topological polar surface area (TPSA) is 94.4 Å². The second-order valence-corrected chi connectivity index (χ2v) is 8.53. The van der Waals surface area contributed by atoms with Gasteiger partial charge in [-0.1, -0.05) is 0 Å². The standard InChI is InChI=1S/C24H28F2N6O3/c1-13-21-23(31(3)22(14(2)34-4)24(33)30-21)29-20(28-13)7-6-15-10-27-32(11-15)12-16-8-17(25)18(26)9-19(16)35-5/h8-11,14,22H,6-7,12H2,1-5H3,(H,30,33)/t14-,22+/m1/s1. The van der Waals surface area contributed by atoms with Gasteiger partial charge in [-0.25, -0.2) is 18.7 Å². The lowest BCUT2D eigenvalue weighted by Gasteiger charge is -2.37. The first kappa shape index (κ1) is 24.5. The first-order chi connectivity index (χ1) is 16.7. The highest BCUT2D eigenvalue weighted by Crippen LogP contribution is 2.32. The van der Waals surface area contributed by atoms with Gasteiger partial charge in [0.05, 0.1) is 31.6 Å². The van der Waals surface area contributed by atoms with Gasteiger partial charge in [0.1, 0.15) is 23.3 Å². The summed E-state index contributed by atoms with van der Waals surface area (Å²) in [5.74, 6) is -0.489. The molecule has 1 aromatic carbocycles. The lowest BCUT2D eigenvalue weighted by molar-refractivity contribution is -0.120. The molecule has 0 fully saturated rings. The lowest BCUT2D eigenvalue weighted by Crippen LogP contribution is -2.53. The molecule has 3 heterocycles. The van der Waals surface area contributed by atoms with Crippen molar-refractivity contribution in [3.05, 3.63) is 58.8 Å². The number of nitrogens with zero attached hydrogens (tertiary/aromatic N) is 5. The fourth-order valence-corrected chi connectivity index (χ4v) is 4.23. The molecule has 0 radical (unpaired) electrons. The quantitative estimate of drug-likeness (QED) is 0.523. The zero-order valence-corrected chi connectivity index (χ0v) is 20.3. The fourth-order valence-electron chi connectivity index (χ4n) is 4.23. The second-order valence-electron chi connectivity index (χ2n) is 8.53. The summed E-state index contributed by atoms with van der Waals surface area (Å²) in [7, 11) is 4.80. The van der Waals surface area contributed by atoms with Crippen LogP contribution in [0.2, 0.25) is 0 Å². The average molecular weight is 487 g/mol. The molecule has 4 rings (SSSR count). The van der Waals surface area contributed by atoms with Gasteiger partial charge in [-0.3, -0.25) is 9.48 Å². The van der Waals surface area contributed by atoms with Crippen molar-refractivity contribution in [3.8, 4) is 5.75 Å². The van der Waals surface area contributed by atoms with E-state index in [9.17, 15) is 13.6 Å². The van der Waals surface area contributed by atoms with E-state index in [4.69, 9.17) is 14.5 Å². The Morgan fingerprint density at radius 1 is 1.17 bits per heavy atom. The van der Waals surface area contributed by atoms with E-state index in [1.165, 1.54) is 7.11 Å². The number of halogens is 2. The predicted molar refractivity (Wildman–Crippen MR) is 126 cm³/mol. The van der Waals surface area contributed by atoms with Crippen molar-refractivity contribution in [2.45, 2.75) is 45.4 Å². The molecule has 0 saturated carbocycles. The molecule has 11 heteroatoms. The minimum Gasteiger partial charge on any atom is -0.496 e. The van der Waals surface area contributed by atoms with Gasteiger partial charge in [0.25, 0.3) is 0 Å². The van der Waals surface area contributed by atoms with Crippen molar-refractivity contribution >= 4 is 17.4 Å². The van der Waals surface area contributed by atoms with E-state index in [2.05, 4.69) is 15.4 Å². The van der Waals surface area contributed by atoms with Crippen molar-refractivity contribution in [1.82, 2.24) is 19.7 Å². The molecule has 3 aromatic rings. The number of carbonyl (C=O) groups excluding carboxylic acids is 1. The lowest BCUT2D eigenvalue weighted by atomic mass is 10.1. The van der Waals surface area contributed by atoms with E-state index in [1.54, 1.807) is 18.0 Å². The Morgan fingerprint density at radius 2 is 1.91 bits per heavy atom. The van der Waals surface area contributed by atoms with E-state index >= 15 is 0 Å². The first-order valence-corrected chi connectivity index (χ1v) is 11.2. The summed E-state index contributed by atoms with van der Waals surface area (Å²) >= 11 is 0. The van der Waals surface area contributed by atoms with Gasteiger partial charge in [0.2, 0.25) is 5.91 Å². The Labute approximate surface area is 202 Å². The Bertz CT molecular complexity index is 1250. The van der Waals surface area contributed by atoms with E-state index in [0.29, 0.717) is 41.4 Å². The highest BCUT2D eigenvalue weighted by molar-refractivity contribution is 6.03. The second kappa shape index (κ2) is 9.95. The molecule has 0 spiro atoms. The maximum atomic E-state index is 13.7. The molecule has 2 atom stereocenters. The molecule has 0 bridgehead atoms. The van der Waals surface area contributed by atoms with Gasteiger partial charge in [0.15, 0.2) is 17.5 Å². The first-order valence-electron chi connectivity index (χ1n) is 11.2. The SMILES string of the molecule is COc1cc(F)c(F)cc1Cn1cc(CCc2nc(C)c3c(n2)N(C)[C@@H]([C@@H](C)OC)C(=O)N3)cn1. The molecule has 1 amide bonds. The van der Waals surface area contributed by atoms with Crippen molar-refractivity contribution < 1.29 is 23.0 Å². The van der Waals surface area contributed by atoms with Gasteiger partial charge >= 0.3 is 0 Å². The van der Waals surface area contributed by atoms with Crippen LogP contribution in [-0.2, 0) is 28.9 Å². The number of aromatic nitrogens is 4. The van der Waals surface area contributed by atoms with Crippen LogP contribution < -0.4 is 15.0 Å². The van der Waals surface area contributed by atoms with Crippen LogP contribution in [0, 0.1) is 18.6 Å². The van der Waals surface area contributed by atoms with Crippen molar-refractivity contribution in [3.63, 3.8) is 0 Å². The predicted octanol–water partition coefficient (Wildman–Crippen LogP) is 2.89. The van der Waals surface area contributed by atoms with E-state index in [0.717, 1.165) is 17.7 Å². The third kappa shape index (κ3) is 4.95. The van der Waals surface area contributed by atoms with Gasteiger partial charge in [0, 0.05) is 38.4 Å². The van der Waals surface area contributed by atoms with Crippen LogP contribution in [0.15, 0.2) is 24.5 Å². The largest absolute Gasteiger partial charge is 0.496 e. The summed E-state index contributed by atoms with van der Waals surface area (Å²) in [6.45, 7) is 3.91. The number of likely N-dealkylation sites (N-methyl/N-ethyl adjacent to an activating group) is 1. The number of hydrogen-bond acceptors (Lipinski definition) is 7. The van der Waals surface area contributed by atoms with Crippen LogP contribution in [-0.4, -0.2) is 59.1 Å². The summed E-state index contributed by atoms with van der Waals surface area (Å²) in [6.07, 6.45) is 4.43. The number of rotatable bonds is 8. The Hall–Kier alpha value is -3.60. The van der Waals surface area contributed by atoms with Crippen LogP contribution in [0.5, 0.6) is 5.75 Å². The maximum absolute atomic E-state index is 13.7. The Kier molecular flexibility index (Phi) is 6.97. The van der Waals surface area contributed by atoms with Crippen LogP contribution in [0.3, 0.4) is 0 Å². The normalized spacial score (nSPS) is 16.1. The highest BCUT2D eigenvalue weighted by Gasteiger charge is 2.37. The number of carbonyl (C=O) groups is 1. The molecule has 186 valence electrons. The van der Waals surface area contributed by atoms with Gasteiger partial charge in [-0.2, -0.15) is 5.10 Å². The smallest absolute Gasteiger partial charge is 0.249 e. The number of aryl methyl sites for hydroxylation is 3. The van der Waals surface area contributed by atoms with Crippen LogP contribution >= 0.6 is 0 Å². The number of nitrogens with one attached hydrogen (secondary N) is 1. The molecular weight excluding hydrogens is 458 g/mol. The van der Waals surface area contributed by atoms with Crippen molar-refractivity contribution in [2.24, 2.45) is 0 Å². The third-order valence-electron chi connectivity index (χ3n) is 6.18. The maximum Gasteiger partial charge on any atom is 0.249 e. The minimum atomic E-state index is -0.958. The highest BCUT2D eigenvalue weighted by atomic mass is 19.2. The van der Waals surface area contributed by atoms with Crippen LogP contribution in [0.25, 0.3) is 0 Å². The summed E-state index contributed by atoms with van der Waals surface area (Å²) in [5.41, 5.74) is 2.72. The minimum absolute atomic E-state index is 0.154. The molecule has 0 aliphatic carbocycles. The Morgan fingerprint density at radius 3 is 2.63 bits per heavy atom. The van der Waals surface area contributed by atoms with Gasteiger partial charge in [-0.05, 0) is 31.9 Å². The van der Waals surface area contributed by atoms with E-state index < -0.39 is 17.7 Å². The van der Waals surface area contributed by atoms with Crippen LogP contribution in [0.4, 0.5) is 20.3 Å². The van der Waals surface area contributed by atoms with E-state index in [1.807, 2.05) is 32.0 Å². The molecule has 2 aromatic heterocycles. The molecule has 1 N–H and O–H groups in total. The molecule has 9 nitrogen and oxygen atoms in total. The summed E-state index contributed by atoms with van der Waals surface area (Å²) in [4.78, 5) is 23.7. The third-order valence-corrected chi connectivity index (χ3v) is 6.18. The Balaban J connectivity index is 1.48. The number of amides is 1. The van der Waals surface area contributed by atoms with E-state index in [-0.39, 0.29) is 24.3 Å². The summed E-state index contributed by atoms with van der Waals surface area (Å²) in [6, 6.07) is 1.65. The number of ether oxygens (including phenoxy) is 2. The number of anilines is 2. The number of methoxy groups -OCH3 is 2. The van der Waals surface area contributed by atoms with Crippen molar-refractivity contribution in [1.29, 1.82) is 0 Å². The number of hydrogen-bond donors (Lipinski definition) is 1. The van der Waals surface area contributed by atoms with Gasteiger partial charge < -0.3 is 19.7 Å². The molecule has 1 aliphatic heterocycles. The van der Waals surface area contributed by atoms with Gasteiger partial charge in [-0.15, -0.1) is 0 Å². The fraction of sp³-hybridized carbons (Fsp3) is 0.417. The molecule has 1 aliphatic rings. The zero-order chi connectivity index (χ0) is 25.3. The molecule has 0 saturated heterocycles. The number of benzene rings is 1. The summed E-state index contributed by atoms with van der Waals surface area (Å²) in [5, 5.41) is 7.24. The van der Waals surface area contributed by atoms with Crippen LogP contribution in [0.1, 0.15) is 29.6 Å². The number of fused-ring (bicyclic) bond motifs is 1. The molecule has 35 heavy (non-hydrogen) atoms. The monoisotopic (exact) mass is 486 g/mol. The van der Waals surface area contributed by atoms with Crippen molar-refractivity contribution in [2.75, 3.05) is 31.5 Å². The average Bonchev–Trinajstić information content (AvgIpc) is 3.27. The summed E-state index contributed by atoms with van der Waals surface area (Å²) < 4.78 is 39.4.